The molecule has 1 N–H and O–H groups in total. The molecule has 162 valence electrons. The minimum atomic E-state index is -0.407. The van der Waals surface area contributed by atoms with Gasteiger partial charge in [-0.25, -0.2) is 4.90 Å². The molecule has 2 amide bonds. The number of imide groups is 1. The van der Waals surface area contributed by atoms with Gasteiger partial charge in [-0.05, 0) is 74.4 Å². The molecule has 7 heteroatoms. The van der Waals surface area contributed by atoms with Crippen LogP contribution in [-0.4, -0.2) is 11.8 Å². The minimum absolute atomic E-state index is 0.217. The molecule has 3 aromatic carbocycles. The van der Waals surface area contributed by atoms with E-state index in [9.17, 15) is 9.59 Å². The summed E-state index contributed by atoms with van der Waals surface area (Å²) in [5.74, 6) is -0.780. The molecule has 0 unspecified atom stereocenters. The summed E-state index contributed by atoms with van der Waals surface area (Å²) < 4.78 is 0. The number of aryl methyl sites for hydroxylation is 3. The van der Waals surface area contributed by atoms with Gasteiger partial charge in [0.05, 0.1) is 5.69 Å². The van der Waals surface area contributed by atoms with Crippen LogP contribution in [0.4, 0.5) is 11.4 Å². The molecule has 0 radical (unpaired) electrons. The highest BCUT2D eigenvalue weighted by molar-refractivity contribution is 8.04. The zero-order chi connectivity index (χ0) is 23.0. The number of thioether (sulfide) groups is 1. The van der Waals surface area contributed by atoms with Gasteiger partial charge in [-0.2, -0.15) is 0 Å². The first-order chi connectivity index (χ1) is 15.2. The summed E-state index contributed by atoms with van der Waals surface area (Å²) in [5.41, 5.74) is 4.25. The summed E-state index contributed by atoms with van der Waals surface area (Å²) in [6, 6.07) is 18.2. The number of hydrogen-bond donors (Lipinski definition) is 1. The molecule has 1 heterocycles. The number of amides is 2. The lowest BCUT2D eigenvalue weighted by Crippen LogP contribution is -2.33. The Labute approximate surface area is 201 Å². The van der Waals surface area contributed by atoms with E-state index in [0.717, 1.165) is 21.6 Å². The van der Waals surface area contributed by atoms with Gasteiger partial charge in [-0.1, -0.05) is 58.7 Å². The summed E-state index contributed by atoms with van der Waals surface area (Å²) in [6.07, 6.45) is 0. The van der Waals surface area contributed by atoms with E-state index in [1.165, 1.54) is 16.7 Å². The van der Waals surface area contributed by atoms with Crippen LogP contribution in [-0.2, 0) is 9.59 Å². The Morgan fingerprint density at radius 1 is 0.812 bits per heavy atom. The zero-order valence-electron chi connectivity index (χ0n) is 17.7. The fraction of sp³-hybridized carbons (Fsp3) is 0.120. The second kappa shape index (κ2) is 9.02. The van der Waals surface area contributed by atoms with Gasteiger partial charge in [0.25, 0.3) is 11.8 Å². The predicted octanol–water partition coefficient (Wildman–Crippen LogP) is 6.91. The van der Waals surface area contributed by atoms with Crippen LogP contribution in [0.2, 0.25) is 10.0 Å². The Balaban J connectivity index is 1.77. The molecule has 0 atom stereocenters. The molecular formula is C25H20Cl2N2O2S. The molecule has 0 spiro atoms. The van der Waals surface area contributed by atoms with Crippen molar-refractivity contribution in [1.82, 2.24) is 0 Å². The number of carbonyl (C=O) groups is 2. The largest absolute Gasteiger partial charge is 0.350 e. The second-order valence-electron chi connectivity index (χ2n) is 7.58. The quantitative estimate of drug-likeness (QED) is 0.401. The van der Waals surface area contributed by atoms with Crippen LogP contribution in [0.15, 0.2) is 76.2 Å². The smallest absolute Gasteiger partial charge is 0.283 e. The van der Waals surface area contributed by atoms with Crippen molar-refractivity contribution in [2.45, 2.75) is 25.7 Å². The third kappa shape index (κ3) is 4.42. The highest BCUT2D eigenvalue weighted by atomic mass is 35.5. The van der Waals surface area contributed by atoms with E-state index in [4.69, 9.17) is 23.2 Å². The molecule has 4 nitrogen and oxygen atoms in total. The fourth-order valence-corrected chi connectivity index (χ4v) is 4.66. The minimum Gasteiger partial charge on any atom is -0.350 e. The van der Waals surface area contributed by atoms with Crippen molar-refractivity contribution in [1.29, 1.82) is 0 Å². The normalized spacial score (nSPS) is 13.8. The van der Waals surface area contributed by atoms with Crippen molar-refractivity contribution in [3.05, 3.63) is 98.0 Å². The Kier molecular flexibility index (Phi) is 6.33. The van der Waals surface area contributed by atoms with E-state index in [-0.39, 0.29) is 11.6 Å². The molecule has 0 saturated heterocycles. The maximum absolute atomic E-state index is 13.5. The van der Waals surface area contributed by atoms with Gasteiger partial charge >= 0.3 is 0 Å². The number of anilines is 2. The van der Waals surface area contributed by atoms with Gasteiger partial charge in [-0.15, -0.1) is 0 Å². The highest BCUT2D eigenvalue weighted by Gasteiger charge is 2.40. The van der Waals surface area contributed by atoms with Crippen LogP contribution < -0.4 is 10.2 Å². The molecule has 1 aliphatic rings. The Hall–Kier alpha value is -2.73. The van der Waals surface area contributed by atoms with Gasteiger partial charge in [-0.3, -0.25) is 9.59 Å². The van der Waals surface area contributed by atoms with Crippen LogP contribution >= 0.6 is 35.0 Å². The van der Waals surface area contributed by atoms with Gasteiger partial charge in [0.15, 0.2) is 0 Å². The van der Waals surface area contributed by atoms with Crippen molar-refractivity contribution in [2.75, 3.05) is 10.2 Å². The Morgan fingerprint density at radius 3 is 2.19 bits per heavy atom. The average molecular weight is 483 g/mol. The lowest BCUT2D eigenvalue weighted by molar-refractivity contribution is -0.120. The number of nitrogens with one attached hydrogen (secondary N) is 1. The Bertz CT molecular complexity index is 1270. The topological polar surface area (TPSA) is 49.4 Å². The molecule has 4 rings (SSSR count). The molecular weight excluding hydrogens is 463 g/mol. The van der Waals surface area contributed by atoms with Gasteiger partial charge < -0.3 is 5.32 Å². The van der Waals surface area contributed by atoms with E-state index in [0.29, 0.717) is 26.3 Å². The number of benzene rings is 3. The molecule has 1 aliphatic heterocycles. The van der Waals surface area contributed by atoms with Crippen molar-refractivity contribution < 1.29 is 9.59 Å². The molecule has 3 aromatic rings. The van der Waals surface area contributed by atoms with Crippen molar-refractivity contribution in [2.24, 2.45) is 0 Å². The summed E-state index contributed by atoms with van der Waals surface area (Å²) >= 11 is 13.5. The van der Waals surface area contributed by atoms with Crippen LogP contribution in [0.25, 0.3) is 0 Å². The van der Waals surface area contributed by atoms with Crippen molar-refractivity contribution >= 4 is 58.2 Å². The highest BCUT2D eigenvalue weighted by Crippen LogP contribution is 2.39. The molecule has 0 aromatic heterocycles. The van der Waals surface area contributed by atoms with Crippen molar-refractivity contribution in [3.8, 4) is 0 Å². The third-order valence-electron chi connectivity index (χ3n) is 5.11. The van der Waals surface area contributed by atoms with E-state index in [2.05, 4.69) is 5.32 Å². The maximum atomic E-state index is 13.5. The van der Waals surface area contributed by atoms with Crippen LogP contribution in [0.5, 0.6) is 0 Å². The van der Waals surface area contributed by atoms with Gasteiger partial charge in [0, 0.05) is 20.6 Å². The van der Waals surface area contributed by atoms with Crippen molar-refractivity contribution in [3.63, 3.8) is 0 Å². The number of rotatable bonds is 5. The monoisotopic (exact) mass is 482 g/mol. The number of hydrogen-bond acceptors (Lipinski definition) is 4. The fourth-order valence-electron chi connectivity index (χ4n) is 3.43. The van der Waals surface area contributed by atoms with E-state index >= 15 is 0 Å². The van der Waals surface area contributed by atoms with Gasteiger partial charge in [0.1, 0.15) is 10.6 Å². The average Bonchev–Trinajstić information content (AvgIpc) is 2.97. The van der Waals surface area contributed by atoms with Crippen LogP contribution in [0.3, 0.4) is 0 Å². The second-order valence-corrected chi connectivity index (χ2v) is 9.51. The number of carbonyl (C=O) groups excluding carboxylic acids is 2. The van der Waals surface area contributed by atoms with E-state index in [1.54, 1.807) is 24.3 Å². The first-order valence-electron chi connectivity index (χ1n) is 9.91. The molecule has 0 saturated carbocycles. The molecule has 0 bridgehead atoms. The number of halogens is 2. The maximum Gasteiger partial charge on any atom is 0.283 e. The summed E-state index contributed by atoms with van der Waals surface area (Å²) in [4.78, 5) is 29.3. The van der Waals surface area contributed by atoms with Crippen LogP contribution in [0, 0.1) is 20.8 Å². The SMILES string of the molecule is Cc1ccc(N2C(=O)C(Nc3ccc(C)c(Cl)c3)=C(Sc3ccc(Cl)cc3)C2=O)c(C)c1. The lowest BCUT2D eigenvalue weighted by atomic mass is 10.1. The standard InChI is InChI=1S/C25H20Cl2N2O2S/c1-14-4-11-21(16(3)12-14)29-24(30)22(28-18-8-5-15(2)20(27)13-18)23(25(29)31)32-19-9-6-17(26)7-10-19/h4-13,28H,1-3H3. The first-order valence-corrected chi connectivity index (χ1v) is 11.5. The summed E-state index contributed by atoms with van der Waals surface area (Å²) in [7, 11) is 0. The third-order valence-corrected chi connectivity index (χ3v) is 6.86. The first kappa shape index (κ1) is 22.5. The lowest BCUT2D eigenvalue weighted by Gasteiger charge is -2.18. The zero-order valence-corrected chi connectivity index (χ0v) is 20.0. The van der Waals surface area contributed by atoms with Crippen LogP contribution in [0.1, 0.15) is 16.7 Å². The summed E-state index contributed by atoms with van der Waals surface area (Å²) in [6.45, 7) is 5.76. The van der Waals surface area contributed by atoms with E-state index in [1.807, 2.05) is 57.2 Å². The molecule has 32 heavy (non-hydrogen) atoms. The summed E-state index contributed by atoms with van der Waals surface area (Å²) in [5, 5.41) is 4.31. The predicted molar refractivity (Wildman–Crippen MR) is 133 cm³/mol. The Morgan fingerprint density at radius 2 is 1.53 bits per heavy atom. The molecule has 0 aliphatic carbocycles. The van der Waals surface area contributed by atoms with Gasteiger partial charge in [0.2, 0.25) is 0 Å². The molecule has 0 fully saturated rings. The number of nitrogens with zero attached hydrogens (tertiary/aromatic N) is 1. The van der Waals surface area contributed by atoms with E-state index < -0.39 is 5.91 Å².